The maximum absolute atomic E-state index is 13.7. The molecule has 0 radical (unpaired) electrons. The Bertz CT molecular complexity index is 1390. The van der Waals surface area contributed by atoms with Crippen molar-refractivity contribution in [3.8, 4) is 16.9 Å². The van der Waals surface area contributed by atoms with E-state index in [-0.39, 0.29) is 23.2 Å². The van der Waals surface area contributed by atoms with E-state index >= 15 is 0 Å². The Morgan fingerprint density at radius 3 is 1.77 bits per heavy atom. The number of aromatic nitrogens is 2. The van der Waals surface area contributed by atoms with Gasteiger partial charge in [-0.05, 0) is 65.7 Å². The number of carbonyl (C=O) groups excluding carboxylic acids is 1. The molecule has 1 aromatic heterocycles. The number of halogens is 2. The molecular weight excluding hydrogens is 444 g/mol. The summed E-state index contributed by atoms with van der Waals surface area (Å²) >= 11 is 0. The zero-order valence-electron chi connectivity index (χ0n) is 18.6. The summed E-state index contributed by atoms with van der Waals surface area (Å²) in [6, 6.07) is 32.2. The highest BCUT2D eigenvalue weighted by Crippen LogP contribution is 2.25. The molecule has 0 spiro atoms. The number of amides is 1. The van der Waals surface area contributed by atoms with Gasteiger partial charge in [-0.3, -0.25) is 4.79 Å². The highest BCUT2D eigenvalue weighted by atomic mass is 19.1. The van der Waals surface area contributed by atoms with E-state index in [1.54, 1.807) is 30.3 Å². The Morgan fingerprint density at radius 1 is 0.714 bits per heavy atom. The van der Waals surface area contributed by atoms with Crippen LogP contribution in [0.2, 0.25) is 0 Å². The van der Waals surface area contributed by atoms with Crippen LogP contribution in [-0.2, 0) is 0 Å². The predicted molar refractivity (Wildman–Crippen MR) is 131 cm³/mol. The molecule has 0 saturated carbocycles. The van der Waals surface area contributed by atoms with Gasteiger partial charge in [-0.15, -0.1) is 0 Å². The average molecular weight is 466 g/mol. The first-order valence-corrected chi connectivity index (χ1v) is 11.1. The lowest BCUT2D eigenvalue weighted by molar-refractivity contribution is 0.0935. The van der Waals surface area contributed by atoms with Gasteiger partial charge in [0.1, 0.15) is 17.3 Å². The van der Waals surface area contributed by atoms with Gasteiger partial charge in [0.15, 0.2) is 0 Å². The van der Waals surface area contributed by atoms with E-state index in [9.17, 15) is 13.6 Å². The molecule has 1 heterocycles. The molecule has 4 aromatic carbocycles. The van der Waals surface area contributed by atoms with Crippen molar-refractivity contribution in [2.45, 2.75) is 6.04 Å². The topological polar surface area (TPSA) is 46.9 Å². The summed E-state index contributed by atoms with van der Waals surface area (Å²) < 4.78 is 28.5. The van der Waals surface area contributed by atoms with Crippen LogP contribution >= 0.6 is 0 Å². The highest BCUT2D eigenvalue weighted by molar-refractivity contribution is 5.95. The average Bonchev–Trinajstić information content (AvgIpc) is 3.35. The number of benzene rings is 4. The molecule has 0 unspecified atom stereocenters. The van der Waals surface area contributed by atoms with E-state index in [1.165, 1.54) is 28.9 Å². The Labute approximate surface area is 201 Å². The molecule has 1 N–H and O–H groups in total. The quantitative estimate of drug-likeness (QED) is 0.318. The van der Waals surface area contributed by atoms with Crippen LogP contribution in [-0.4, -0.2) is 15.7 Å². The van der Waals surface area contributed by atoms with Crippen molar-refractivity contribution in [3.05, 3.63) is 144 Å². The zero-order valence-corrected chi connectivity index (χ0v) is 18.6. The summed E-state index contributed by atoms with van der Waals surface area (Å²) in [5.74, 6) is -1.11. The fourth-order valence-electron chi connectivity index (χ4n) is 3.94. The van der Waals surface area contributed by atoms with Crippen LogP contribution in [0.3, 0.4) is 0 Å². The minimum absolute atomic E-state index is 0.271. The zero-order chi connectivity index (χ0) is 24.2. The van der Waals surface area contributed by atoms with Crippen molar-refractivity contribution >= 4 is 5.91 Å². The van der Waals surface area contributed by atoms with E-state index in [4.69, 9.17) is 0 Å². The minimum atomic E-state index is -0.393. The Balaban J connectivity index is 1.57. The lowest BCUT2D eigenvalue weighted by Crippen LogP contribution is -2.31. The van der Waals surface area contributed by atoms with Crippen LogP contribution in [0, 0.1) is 11.6 Å². The highest BCUT2D eigenvalue weighted by Gasteiger charge is 2.22. The van der Waals surface area contributed by atoms with E-state index < -0.39 is 6.04 Å². The number of nitrogens with zero attached hydrogens (tertiary/aromatic N) is 2. The van der Waals surface area contributed by atoms with Crippen molar-refractivity contribution in [3.63, 3.8) is 0 Å². The molecule has 0 saturated heterocycles. The van der Waals surface area contributed by atoms with Gasteiger partial charge in [-0.25, -0.2) is 13.5 Å². The third-order valence-corrected chi connectivity index (χ3v) is 5.69. The molecule has 0 aliphatic heterocycles. The van der Waals surface area contributed by atoms with E-state index in [2.05, 4.69) is 10.4 Å². The first kappa shape index (κ1) is 22.2. The normalized spacial score (nSPS) is 10.9. The fourth-order valence-corrected chi connectivity index (χ4v) is 3.94. The molecule has 5 rings (SSSR count). The first-order chi connectivity index (χ1) is 17.1. The molecule has 172 valence electrons. The van der Waals surface area contributed by atoms with Crippen LogP contribution < -0.4 is 5.32 Å². The van der Waals surface area contributed by atoms with Crippen LogP contribution in [0.4, 0.5) is 8.78 Å². The van der Waals surface area contributed by atoms with Crippen molar-refractivity contribution in [1.29, 1.82) is 0 Å². The predicted octanol–water partition coefficient (Wildman–Crippen LogP) is 6.34. The van der Waals surface area contributed by atoms with E-state index in [1.807, 2.05) is 60.7 Å². The number of carbonyl (C=O) groups is 1. The van der Waals surface area contributed by atoms with Crippen molar-refractivity contribution in [1.82, 2.24) is 15.1 Å². The summed E-state index contributed by atoms with van der Waals surface area (Å²) in [5.41, 5.74) is 3.81. The Kier molecular flexibility index (Phi) is 6.18. The summed E-state index contributed by atoms with van der Waals surface area (Å²) in [4.78, 5) is 13.7. The van der Waals surface area contributed by atoms with Gasteiger partial charge in [0.2, 0.25) is 0 Å². The van der Waals surface area contributed by atoms with Crippen molar-refractivity contribution in [2.75, 3.05) is 0 Å². The van der Waals surface area contributed by atoms with Crippen LogP contribution in [0.25, 0.3) is 16.9 Å². The van der Waals surface area contributed by atoms with Gasteiger partial charge in [0.25, 0.3) is 5.91 Å². The van der Waals surface area contributed by atoms with Gasteiger partial charge in [-0.2, -0.15) is 5.10 Å². The second-order valence-corrected chi connectivity index (χ2v) is 8.04. The number of rotatable bonds is 6. The molecule has 0 aliphatic carbocycles. The lowest BCUT2D eigenvalue weighted by Gasteiger charge is -2.20. The number of nitrogens with one attached hydrogen (secondary N) is 1. The maximum Gasteiger partial charge on any atom is 0.270 e. The smallest absolute Gasteiger partial charge is 0.270 e. The summed E-state index contributed by atoms with van der Waals surface area (Å²) in [5, 5.41) is 7.72. The Morgan fingerprint density at radius 2 is 1.23 bits per heavy atom. The molecule has 1 amide bonds. The molecule has 4 nitrogen and oxygen atoms in total. The summed E-state index contributed by atoms with van der Waals surface area (Å²) in [6.07, 6.45) is 0. The molecule has 0 bridgehead atoms. The van der Waals surface area contributed by atoms with Crippen molar-refractivity contribution in [2.24, 2.45) is 0 Å². The lowest BCUT2D eigenvalue weighted by atomic mass is 9.98. The molecular formula is C29H21F2N3O. The largest absolute Gasteiger partial charge is 0.340 e. The van der Waals surface area contributed by atoms with Gasteiger partial charge in [0, 0.05) is 5.56 Å². The monoisotopic (exact) mass is 465 g/mol. The Hall–Kier alpha value is -4.58. The number of hydrogen-bond acceptors (Lipinski definition) is 2. The fraction of sp³-hybridized carbons (Fsp3) is 0.0345. The molecule has 35 heavy (non-hydrogen) atoms. The van der Waals surface area contributed by atoms with Gasteiger partial charge >= 0.3 is 0 Å². The minimum Gasteiger partial charge on any atom is -0.340 e. The standard InChI is InChI=1S/C29H21F2N3O/c30-23-13-11-20(12-14-23)26-19-27(34(33-26)25-17-15-24(31)16-18-25)29(35)32-28(21-7-3-1-4-8-21)22-9-5-2-6-10-22/h1-19,28H,(H,32,35). The van der Waals surface area contributed by atoms with Gasteiger partial charge in [-0.1, -0.05) is 60.7 Å². The molecule has 5 aromatic rings. The van der Waals surface area contributed by atoms with Gasteiger partial charge in [0.05, 0.1) is 17.4 Å². The second-order valence-electron chi connectivity index (χ2n) is 8.04. The summed E-state index contributed by atoms with van der Waals surface area (Å²) in [6.45, 7) is 0. The first-order valence-electron chi connectivity index (χ1n) is 11.1. The summed E-state index contributed by atoms with van der Waals surface area (Å²) in [7, 11) is 0. The van der Waals surface area contributed by atoms with Gasteiger partial charge < -0.3 is 5.32 Å². The third-order valence-electron chi connectivity index (χ3n) is 5.69. The van der Waals surface area contributed by atoms with E-state index in [0.717, 1.165) is 11.1 Å². The van der Waals surface area contributed by atoms with Crippen LogP contribution in [0.1, 0.15) is 27.7 Å². The number of hydrogen-bond donors (Lipinski definition) is 1. The maximum atomic E-state index is 13.7. The third kappa shape index (κ3) is 4.87. The molecule has 0 fully saturated rings. The molecule has 6 heteroatoms. The molecule has 0 atom stereocenters. The molecule has 0 aliphatic rings. The van der Waals surface area contributed by atoms with E-state index in [0.29, 0.717) is 16.9 Å². The van der Waals surface area contributed by atoms with Crippen LogP contribution in [0.5, 0.6) is 0 Å². The van der Waals surface area contributed by atoms with Crippen molar-refractivity contribution < 1.29 is 13.6 Å². The second kappa shape index (κ2) is 9.73. The SMILES string of the molecule is O=C(NC(c1ccccc1)c1ccccc1)c1cc(-c2ccc(F)cc2)nn1-c1ccc(F)cc1. The van der Waals surface area contributed by atoms with Crippen LogP contribution in [0.15, 0.2) is 115 Å².